The van der Waals surface area contributed by atoms with Gasteiger partial charge in [0.1, 0.15) is 6.61 Å². The van der Waals surface area contributed by atoms with Crippen LogP contribution in [0.2, 0.25) is 0 Å². The average Bonchev–Trinajstić information content (AvgIpc) is 3.02. The lowest BCUT2D eigenvalue weighted by molar-refractivity contribution is 0.121. The normalized spacial score (nSPS) is 15.9. The lowest BCUT2D eigenvalue weighted by Gasteiger charge is -2.32. The van der Waals surface area contributed by atoms with Crippen LogP contribution < -0.4 is 18.9 Å². The summed E-state index contributed by atoms with van der Waals surface area (Å²) in [5.41, 5.74) is 0.868. The van der Waals surface area contributed by atoms with Gasteiger partial charge in [0.15, 0.2) is 23.1 Å². The third kappa shape index (κ3) is 7.25. The maximum atomic E-state index is 13.8. The molecule has 1 aliphatic heterocycles. The average molecular weight is 619 g/mol. The molecule has 0 aliphatic carbocycles. The molecule has 5 rings (SSSR count). The van der Waals surface area contributed by atoms with Crippen molar-refractivity contribution in [3.05, 3.63) is 72.6 Å². The number of nitrogens with zero attached hydrogens (tertiary/aromatic N) is 5. The maximum Gasteiger partial charge on any atom is 0.263 e. The number of methoxy groups -OCH3 is 1. The number of anilines is 1. The molecule has 1 N–H and O–H groups in total. The van der Waals surface area contributed by atoms with Gasteiger partial charge in [-0.05, 0) is 67.7 Å². The fraction of sp³-hybridized carbons (Fsp3) is 0.375. The highest BCUT2D eigenvalue weighted by atomic mass is 32.2. The van der Waals surface area contributed by atoms with Gasteiger partial charge >= 0.3 is 0 Å². The second-order valence-electron chi connectivity index (χ2n) is 11.7. The molecule has 232 valence electrons. The smallest absolute Gasteiger partial charge is 0.263 e. The number of rotatable bonds is 10. The van der Waals surface area contributed by atoms with Crippen molar-refractivity contribution in [3.8, 4) is 34.8 Å². The van der Waals surface area contributed by atoms with Crippen LogP contribution >= 0.6 is 0 Å². The molecule has 44 heavy (non-hydrogen) atoms. The monoisotopic (exact) mass is 618 g/mol. The van der Waals surface area contributed by atoms with Crippen molar-refractivity contribution in [1.29, 1.82) is 0 Å². The maximum absolute atomic E-state index is 13.8. The van der Waals surface area contributed by atoms with Gasteiger partial charge in [0.2, 0.25) is 11.6 Å². The van der Waals surface area contributed by atoms with E-state index in [0.29, 0.717) is 18.1 Å². The Morgan fingerprint density at radius 1 is 0.932 bits per heavy atom. The third-order valence-electron chi connectivity index (χ3n) is 7.48. The first-order valence-corrected chi connectivity index (χ1v) is 16.0. The summed E-state index contributed by atoms with van der Waals surface area (Å²) in [5, 5.41) is 0. The summed E-state index contributed by atoms with van der Waals surface area (Å²) in [6, 6.07) is 15.6. The number of likely N-dealkylation sites (N-methyl/N-ethyl adjacent to an activating group) is 1. The number of benzene rings is 2. The van der Waals surface area contributed by atoms with Crippen LogP contribution in [0, 0.1) is 0 Å². The predicted octanol–water partition coefficient (Wildman–Crippen LogP) is 5.70. The van der Waals surface area contributed by atoms with Crippen molar-refractivity contribution in [2.24, 2.45) is 0 Å². The molecule has 1 atom stereocenters. The first-order chi connectivity index (χ1) is 21.0. The number of hydrogen-bond acceptors (Lipinski definition) is 10. The molecule has 0 bridgehead atoms. The molecule has 1 aliphatic rings. The molecule has 0 radical (unpaired) electrons. The highest BCUT2D eigenvalue weighted by Gasteiger charge is 2.28. The Labute approximate surface area is 258 Å². The molecule has 2 aromatic carbocycles. The van der Waals surface area contributed by atoms with Crippen LogP contribution in [0.25, 0.3) is 11.6 Å². The largest absolute Gasteiger partial charge is 0.493 e. The summed E-state index contributed by atoms with van der Waals surface area (Å²) in [6.45, 7) is 7.47. The van der Waals surface area contributed by atoms with Gasteiger partial charge in [-0.15, -0.1) is 0 Å². The fourth-order valence-corrected chi connectivity index (χ4v) is 5.87. The summed E-state index contributed by atoms with van der Waals surface area (Å²) in [6.07, 6.45) is 6.30. The molecule has 0 amide bonds. The van der Waals surface area contributed by atoms with Crippen LogP contribution in [-0.4, -0.2) is 66.6 Å². The Hall–Kier alpha value is -4.29. The minimum Gasteiger partial charge on any atom is -0.493 e. The quantitative estimate of drug-likeness (QED) is 0.236. The van der Waals surface area contributed by atoms with E-state index < -0.39 is 10.0 Å². The lowest BCUT2D eigenvalue weighted by Crippen LogP contribution is -2.40. The van der Waals surface area contributed by atoms with E-state index in [1.807, 2.05) is 0 Å². The first-order valence-electron chi connectivity index (χ1n) is 14.5. The number of piperidine rings is 1. The van der Waals surface area contributed by atoms with Gasteiger partial charge in [-0.2, -0.15) is 4.98 Å². The molecular weight excluding hydrogens is 580 g/mol. The number of nitrogens with one attached hydrogen (secondary N) is 1. The van der Waals surface area contributed by atoms with Crippen molar-refractivity contribution in [2.45, 2.75) is 56.4 Å². The predicted molar refractivity (Wildman–Crippen MR) is 168 cm³/mol. The van der Waals surface area contributed by atoms with Crippen LogP contribution in [0.3, 0.4) is 0 Å². The molecular formula is C32H38N6O5S. The molecule has 3 heterocycles. The minimum absolute atomic E-state index is 0.0115. The Balaban J connectivity index is 1.61. The molecule has 0 saturated carbocycles. The summed E-state index contributed by atoms with van der Waals surface area (Å²) < 4.78 is 48.3. The zero-order chi connectivity index (χ0) is 31.3. The summed E-state index contributed by atoms with van der Waals surface area (Å²) in [7, 11) is -0.536. The lowest BCUT2D eigenvalue weighted by atomic mass is 9.87. The summed E-state index contributed by atoms with van der Waals surface area (Å²) in [5.74, 6) is 0.956. The van der Waals surface area contributed by atoms with Crippen LogP contribution in [0.4, 0.5) is 5.82 Å². The highest BCUT2D eigenvalue weighted by molar-refractivity contribution is 7.92. The van der Waals surface area contributed by atoms with Gasteiger partial charge in [0.25, 0.3) is 15.9 Å². The number of ether oxygens (including phenoxy) is 3. The Morgan fingerprint density at radius 3 is 2.30 bits per heavy atom. The molecule has 0 spiro atoms. The Bertz CT molecular complexity index is 1680. The van der Waals surface area contributed by atoms with E-state index in [1.54, 1.807) is 67.0 Å². The molecule has 11 nitrogen and oxygen atoms in total. The van der Waals surface area contributed by atoms with Crippen molar-refractivity contribution < 1.29 is 22.6 Å². The minimum atomic E-state index is -4.12. The van der Waals surface area contributed by atoms with Gasteiger partial charge in [-0.25, -0.2) is 23.4 Å². The van der Waals surface area contributed by atoms with Gasteiger partial charge in [0.05, 0.1) is 12.0 Å². The number of sulfonamides is 1. The zero-order valence-electron chi connectivity index (χ0n) is 25.6. The van der Waals surface area contributed by atoms with Crippen LogP contribution in [-0.2, 0) is 15.4 Å². The highest BCUT2D eigenvalue weighted by Crippen LogP contribution is 2.41. The van der Waals surface area contributed by atoms with Crippen LogP contribution in [0.15, 0.2) is 71.9 Å². The van der Waals surface area contributed by atoms with E-state index in [4.69, 9.17) is 14.2 Å². The van der Waals surface area contributed by atoms with Crippen molar-refractivity contribution >= 4 is 15.8 Å². The number of aromatic nitrogens is 4. The van der Waals surface area contributed by atoms with Crippen LogP contribution in [0.5, 0.6) is 23.1 Å². The van der Waals surface area contributed by atoms with Crippen molar-refractivity contribution in [2.75, 3.05) is 32.0 Å². The molecule has 2 aromatic heterocycles. The second kappa shape index (κ2) is 13.1. The molecule has 1 saturated heterocycles. The summed E-state index contributed by atoms with van der Waals surface area (Å²) in [4.78, 5) is 20.1. The van der Waals surface area contributed by atoms with Crippen molar-refractivity contribution in [3.63, 3.8) is 0 Å². The van der Waals surface area contributed by atoms with Gasteiger partial charge in [0, 0.05) is 18.4 Å². The topological polar surface area (TPSA) is 129 Å². The van der Waals surface area contributed by atoms with Gasteiger partial charge in [-0.3, -0.25) is 4.72 Å². The molecule has 4 aromatic rings. The number of likely N-dealkylation sites (tertiary alicyclic amines) is 1. The number of para-hydroxylation sites is 2. The van der Waals surface area contributed by atoms with E-state index in [2.05, 4.69) is 57.4 Å². The zero-order valence-corrected chi connectivity index (χ0v) is 26.5. The standard InChI is InChI=1S/C32H38N6O5S/c1-32(2,3)22-14-16-24(17-15-22)44(39,40)37-28-27(43-26-13-7-6-12-25(26)41-5)31(42-21-23-11-8-9-20-38(23)4)36-30(35-28)29-33-18-10-19-34-29/h6-7,10,12-19,23H,8-9,11,20-21H2,1-5H3,(H,35,36,37). The van der Waals surface area contributed by atoms with E-state index in [1.165, 1.54) is 7.11 Å². The molecule has 1 fully saturated rings. The molecule has 12 heteroatoms. The fourth-order valence-electron chi connectivity index (χ4n) is 4.87. The van der Waals surface area contributed by atoms with E-state index in [9.17, 15) is 8.42 Å². The Morgan fingerprint density at radius 2 is 1.64 bits per heavy atom. The van der Waals surface area contributed by atoms with E-state index in [-0.39, 0.29) is 45.4 Å². The first kappa shape index (κ1) is 31.1. The van der Waals surface area contributed by atoms with Crippen molar-refractivity contribution in [1.82, 2.24) is 24.8 Å². The second-order valence-corrected chi connectivity index (χ2v) is 13.4. The van der Waals surface area contributed by atoms with Gasteiger partial charge in [-0.1, -0.05) is 51.5 Å². The van der Waals surface area contributed by atoms with E-state index >= 15 is 0 Å². The van der Waals surface area contributed by atoms with Gasteiger partial charge < -0.3 is 19.1 Å². The molecule has 1 unspecified atom stereocenters. The third-order valence-corrected chi connectivity index (χ3v) is 8.83. The number of hydrogen-bond donors (Lipinski definition) is 1. The van der Waals surface area contributed by atoms with E-state index in [0.717, 1.165) is 31.4 Å². The Kier molecular flexibility index (Phi) is 9.31. The summed E-state index contributed by atoms with van der Waals surface area (Å²) >= 11 is 0. The SMILES string of the molecule is COc1ccccc1Oc1c(NS(=O)(=O)c2ccc(C(C)(C)C)cc2)nc(-c2ncccn2)nc1OCC1CCCCN1C. The van der Waals surface area contributed by atoms with Crippen LogP contribution in [0.1, 0.15) is 45.6 Å².